The van der Waals surface area contributed by atoms with Crippen molar-refractivity contribution in [1.82, 2.24) is 4.98 Å². The molecular weight excluding hydrogens is 188 g/mol. The molecule has 0 aromatic carbocycles. The lowest BCUT2D eigenvalue weighted by Crippen LogP contribution is -2.06. The van der Waals surface area contributed by atoms with Crippen LogP contribution < -0.4 is 5.56 Å². The molecule has 15 heavy (non-hydrogen) atoms. The molecular formula is C12H16N2O. The molecule has 0 aliphatic rings. The summed E-state index contributed by atoms with van der Waals surface area (Å²) in [4.78, 5) is 17.7. The third-order valence-electron chi connectivity index (χ3n) is 2.26. The third-order valence-corrected chi connectivity index (χ3v) is 2.26. The van der Waals surface area contributed by atoms with Crippen LogP contribution in [0.25, 0.3) is 0 Å². The molecule has 0 unspecified atom stereocenters. The van der Waals surface area contributed by atoms with Gasteiger partial charge in [0, 0.05) is 24.9 Å². The van der Waals surface area contributed by atoms with Gasteiger partial charge in [-0.25, -0.2) is 0 Å². The van der Waals surface area contributed by atoms with Crippen molar-refractivity contribution >= 4 is 5.71 Å². The zero-order valence-corrected chi connectivity index (χ0v) is 9.37. The van der Waals surface area contributed by atoms with Crippen LogP contribution in [0.5, 0.6) is 0 Å². The molecule has 1 heterocycles. The molecule has 3 nitrogen and oxygen atoms in total. The molecule has 0 fully saturated rings. The first kappa shape index (κ1) is 11.4. The smallest absolute Gasteiger partial charge is 0.247 e. The Labute approximate surface area is 89.6 Å². The molecule has 1 aromatic rings. The maximum Gasteiger partial charge on any atom is 0.247 e. The standard InChI is InChI=1S/C12H16N2O/c1-4-9(2)7-11(13-3)10-5-6-12(15)14-8-10/h5-8H,4H2,1-3H3,(H,14,15)/b9-7-,13-11?. The SMILES string of the molecule is CC/C(C)=C\C(=NC)c1ccc(=O)[nH]c1. The van der Waals surface area contributed by atoms with Crippen LogP contribution in [0.3, 0.4) is 0 Å². The molecule has 3 heteroatoms. The molecule has 0 aliphatic heterocycles. The van der Waals surface area contributed by atoms with Gasteiger partial charge in [-0.3, -0.25) is 9.79 Å². The second-order valence-electron chi connectivity index (χ2n) is 3.39. The predicted octanol–water partition coefficient (Wildman–Crippen LogP) is 2.15. The van der Waals surface area contributed by atoms with Gasteiger partial charge in [-0.15, -0.1) is 0 Å². The fourth-order valence-electron chi connectivity index (χ4n) is 1.18. The number of allylic oxidation sites excluding steroid dienone is 2. The fraction of sp³-hybridized carbons (Fsp3) is 0.333. The Bertz CT molecular complexity index is 421. The number of aromatic nitrogens is 1. The second-order valence-corrected chi connectivity index (χ2v) is 3.39. The molecule has 1 aromatic heterocycles. The number of aliphatic imine (C=N–C) groups is 1. The van der Waals surface area contributed by atoms with Crippen LogP contribution in [-0.2, 0) is 0 Å². The third kappa shape index (κ3) is 3.20. The van der Waals surface area contributed by atoms with E-state index >= 15 is 0 Å². The molecule has 1 N–H and O–H groups in total. The first-order chi connectivity index (χ1) is 7.17. The van der Waals surface area contributed by atoms with E-state index in [4.69, 9.17) is 0 Å². The molecule has 0 spiro atoms. The average Bonchev–Trinajstić information content (AvgIpc) is 2.27. The minimum Gasteiger partial charge on any atom is -0.328 e. The Hall–Kier alpha value is -1.64. The normalized spacial score (nSPS) is 13.0. The summed E-state index contributed by atoms with van der Waals surface area (Å²) in [6.07, 6.45) is 4.72. The van der Waals surface area contributed by atoms with E-state index in [0.29, 0.717) is 0 Å². The van der Waals surface area contributed by atoms with E-state index < -0.39 is 0 Å². The Morgan fingerprint density at radius 3 is 2.73 bits per heavy atom. The minimum atomic E-state index is -0.0922. The van der Waals surface area contributed by atoms with Crippen LogP contribution in [0.1, 0.15) is 25.8 Å². The van der Waals surface area contributed by atoms with Crippen LogP contribution >= 0.6 is 0 Å². The lowest BCUT2D eigenvalue weighted by molar-refractivity contribution is 1.10. The van der Waals surface area contributed by atoms with Crippen molar-refractivity contribution in [1.29, 1.82) is 0 Å². The zero-order valence-electron chi connectivity index (χ0n) is 9.37. The number of hydrogen-bond acceptors (Lipinski definition) is 2. The number of hydrogen-bond donors (Lipinski definition) is 1. The molecule has 0 amide bonds. The number of pyridine rings is 1. The summed E-state index contributed by atoms with van der Waals surface area (Å²) in [6.45, 7) is 4.17. The summed E-state index contributed by atoms with van der Waals surface area (Å²) in [6, 6.07) is 3.29. The summed E-state index contributed by atoms with van der Waals surface area (Å²) in [5, 5.41) is 0. The van der Waals surface area contributed by atoms with Gasteiger partial charge in [0.2, 0.25) is 5.56 Å². The first-order valence-electron chi connectivity index (χ1n) is 5.00. The van der Waals surface area contributed by atoms with Crippen molar-refractivity contribution in [2.24, 2.45) is 4.99 Å². The van der Waals surface area contributed by atoms with Crippen molar-refractivity contribution in [3.8, 4) is 0 Å². The van der Waals surface area contributed by atoms with Crippen LogP contribution in [0.15, 0.2) is 39.8 Å². The van der Waals surface area contributed by atoms with Crippen LogP contribution in [0, 0.1) is 0 Å². The lowest BCUT2D eigenvalue weighted by atomic mass is 10.1. The summed E-state index contributed by atoms with van der Waals surface area (Å²) in [5.41, 5.74) is 3.00. The van der Waals surface area contributed by atoms with Gasteiger partial charge in [0.25, 0.3) is 0 Å². The predicted molar refractivity (Wildman–Crippen MR) is 63.6 cm³/mol. The first-order valence-corrected chi connectivity index (χ1v) is 5.00. The Kier molecular flexibility index (Phi) is 4.03. The van der Waals surface area contributed by atoms with Crippen molar-refractivity contribution in [3.63, 3.8) is 0 Å². The summed E-state index contributed by atoms with van der Waals surface area (Å²) in [5.74, 6) is 0. The molecule has 0 radical (unpaired) electrons. The number of nitrogens with one attached hydrogen (secondary N) is 1. The highest BCUT2D eigenvalue weighted by Gasteiger charge is 1.99. The van der Waals surface area contributed by atoms with E-state index in [-0.39, 0.29) is 5.56 Å². The molecule has 1 rings (SSSR count). The molecule has 0 aliphatic carbocycles. The van der Waals surface area contributed by atoms with E-state index in [1.165, 1.54) is 11.6 Å². The Morgan fingerprint density at radius 2 is 2.27 bits per heavy atom. The number of nitrogens with zero attached hydrogens (tertiary/aromatic N) is 1. The highest BCUT2D eigenvalue weighted by atomic mass is 16.1. The summed E-state index contributed by atoms with van der Waals surface area (Å²) < 4.78 is 0. The largest absolute Gasteiger partial charge is 0.328 e. The van der Waals surface area contributed by atoms with Gasteiger partial charge in [-0.05, 0) is 25.5 Å². The highest BCUT2D eigenvalue weighted by molar-refractivity contribution is 6.08. The minimum absolute atomic E-state index is 0.0922. The van der Waals surface area contributed by atoms with Gasteiger partial charge in [0.15, 0.2) is 0 Å². The molecule has 0 atom stereocenters. The van der Waals surface area contributed by atoms with Gasteiger partial charge in [-0.1, -0.05) is 12.5 Å². The van der Waals surface area contributed by atoms with Crippen LogP contribution in [-0.4, -0.2) is 17.7 Å². The quantitative estimate of drug-likeness (QED) is 0.753. The monoisotopic (exact) mass is 204 g/mol. The van der Waals surface area contributed by atoms with E-state index in [1.807, 2.05) is 6.08 Å². The van der Waals surface area contributed by atoms with E-state index in [2.05, 4.69) is 23.8 Å². The van der Waals surface area contributed by atoms with E-state index in [0.717, 1.165) is 17.7 Å². The number of H-pyrrole nitrogens is 1. The molecule has 0 bridgehead atoms. The van der Waals surface area contributed by atoms with Gasteiger partial charge < -0.3 is 4.98 Å². The van der Waals surface area contributed by atoms with Crippen molar-refractivity contribution in [2.75, 3.05) is 7.05 Å². The molecule has 0 saturated carbocycles. The van der Waals surface area contributed by atoms with Crippen molar-refractivity contribution in [3.05, 3.63) is 45.9 Å². The topological polar surface area (TPSA) is 45.2 Å². The highest BCUT2D eigenvalue weighted by Crippen LogP contribution is 2.04. The average molecular weight is 204 g/mol. The Balaban J connectivity index is 3.04. The number of rotatable bonds is 3. The Morgan fingerprint density at radius 1 is 1.53 bits per heavy atom. The van der Waals surface area contributed by atoms with Crippen LogP contribution in [0.4, 0.5) is 0 Å². The van der Waals surface area contributed by atoms with Crippen molar-refractivity contribution < 1.29 is 0 Å². The summed E-state index contributed by atoms with van der Waals surface area (Å²) >= 11 is 0. The van der Waals surface area contributed by atoms with Gasteiger partial charge in [0.1, 0.15) is 0 Å². The van der Waals surface area contributed by atoms with E-state index in [1.54, 1.807) is 19.3 Å². The number of aromatic amines is 1. The lowest BCUT2D eigenvalue weighted by Gasteiger charge is -2.01. The fourth-order valence-corrected chi connectivity index (χ4v) is 1.18. The summed E-state index contributed by atoms with van der Waals surface area (Å²) in [7, 11) is 1.75. The zero-order chi connectivity index (χ0) is 11.3. The van der Waals surface area contributed by atoms with Gasteiger partial charge in [0.05, 0.1) is 5.71 Å². The van der Waals surface area contributed by atoms with Gasteiger partial charge >= 0.3 is 0 Å². The second kappa shape index (κ2) is 5.29. The molecule has 80 valence electrons. The van der Waals surface area contributed by atoms with Crippen LogP contribution in [0.2, 0.25) is 0 Å². The van der Waals surface area contributed by atoms with E-state index in [9.17, 15) is 4.79 Å². The maximum atomic E-state index is 10.9. The van der Waals surface area contributed by atoms with Crippen molar-refractivity contribution in [2.45, 2.75) is 20.3 Å². The van der Waals surface area contributed by atoms with Gasteiger partial charge in [-0.2, -0.15) is 0 Å². The maximum absolute atomic E-state index is 10.9. The molecule has 0 saturated heterocycles.